The van der Waals surface area contributed by atoms with Gasteiger partial charge in [0.2, 0.25) is 0 Å². The average Bonchev–Trinajstić information content (AvgIpc) is 3.06. The number of hydrogen-bond donors (Lipinski definition) is 2. The van der Waals surface area contributed by atoms with E-state index in [2.05, 4.69) is 33.4 Å². The lowest BCUT2D eigenvalue weighted by Crippen LogP contribution is -2.20. The molecule has 0 spiro atoms. The van der Waals surface area contributed by atoms with Crippen LogP contribution in [0.2, 0.25) is 0 Å². The van der Waals surface area contributed by atoms with Crippen LogP contribution in [0.4, 0.5) is 0 Å². The molecule has 0 aromatic carbocycles. The maximum Gasteiger partial charge on any atom is 0.275 e. The van der Waals surface area contributed by atoms with Crippen molar-refractivity contribution in [2.24, 2.45) is 5.92 Å². The highest BCUT2D eigenvalue weighted by atomic mass is 32.2. The fraction of sp³-hybridized carbons (Fsp3) is 0.467. The molecule has 112 valence electrons. The molecule has 1 aliphatic rings. The van der Waals surface area contributed by atoms with E-state index in [1.165, 1.54) is 17.7 Å². The van der Waals surface area contributed by atoms with Gasteiger partial charge in [0.15, 0.2) is 0 Å². The Bertz CT molecular complexity index is 705. The molecule has 0 saturated carbocycles. The van der Waals surface area contributed by atoms with Crippen LogP contribution in [-0.4, -0.2) is 38.7 Å². The second kappa shape index (κ2) is 6.07. The summed E-state index contributed by atoms with van der Waals surface area (Å²) < 4.78 is 0. The summed E-state index contributed by atoms with van der Waals surface area (Å²) in [5.74, 6) is 1.88. The van der Waals surface area contributed by atoms with Crippen molar-refractivity contribution in [2.75, 3.05) is 18.8 Å². The molecular weight excluding hydrogens is 284 g/mol. The molecule has 1 saturated heterocycles. The zero-order valence-corrected chi connectivity index (χ0v) is 13.0. The van der Waals surface area contributed by atoms with Gasteiger partial charge in [0, 0.05) is 30.6 Å². The molecule has 2 N–H and O–H groups in total. The fourth-order valence-electron chi connectivity index (χ4n) is 2.82. The van der Waals surface area contributed by atoms with E-state index in [0.29, 0.717) is 5.52 Å². The second-order valence-electron chi connectivity index (χ2n) is 5.67. The van der Waals surface area contributed by atoms with E-state index in [1.807, 2.05) is 18.0 Å². The van der Waals surface area contributed by atoms with Crippen LogP contribution in [0.1, 0.15) is 18.9 Å². The van der Waals surface area contributed by atoms with Crippen molar-refractivity contribution < 1.29 is 0 Å². The van der Waals surface area contributed by atoms with Gasteiger partial charge in [0.25, 0.3) is 5.56 Å². The summed E-state index contributed by atoms with van der Waals surface area (Å²) in [4.78, 5) is 25.2. The quantitative estimate of drug-likeness (QED) is 0.890. The maximum absolute atomic E-state index is 11.7. The smallest absolute Gasteiger partial charge is 0.275 e. The highest BCUT2D eigenvalue weighted by molar-refractivity contribution is 8.03. The van der Waals surface area contributed by atoms with Crippen molar-refractivity contribution in [3.05, 3.63) is 39.9 Å². The van der Waals surface area contributed by atoms with Crippen LogP contribution in [0.3, 0.4) is 0 Å². The first-order valence-corrected chi connectivity index (χ1v) is 8.16. The monoisotopic (exact) mass is 304 g/mol. The standard InChI is InChI=1S/C15H20N4OS/c1-10(2)21-8-11-3-4-19(6-11)7-12-5-16-14-13(12)17-9-18-15(14)20/h5,9,11,16H,1,3-4,6-8H2,2H3,(H,17,18,20)/t11-/m1/s1. The van der Waals surface area contributed by atoms with E-state index >= 15 is 0 Å². The Balaban J connectivity index is 1.65. The zero-order chi connectivity index (χ0) is 14.8. The summed E-state index contributed by atoms with van der Waals surface area (Å²) in [7, 11) is 0. The Morgan fingerprint density at radius 1 is 1.57 bits per heavy atom. The van der Waals surface area contributed by atoms with Gasteiger partial charge in [0.1, 0.15) is 5.52 Å². The summed E-state index contributed by atoms with van der Waals surface area (Å²) in [6, 6.07) is 0. The van der Waals surface area contributed by atoms with E-state index in [4.69, 9.17) is 0 Å². The summed E-state index contributed by atoms with van der Waals surface area (Å²) in [6.07, 6.45) is 4.61. The molecule has 2 aromatic heterocycles. The number of thioether (sulfide) groups is 1. The van der Waals surface area contributed by atoms with Gasteiger partial charge >= 0.3 is 0 Å². The van der Waals surface area contributed by atoms with Gasteiger partial charge in [-0.2, -0.15) is 0 Å². The number of rotatable bonds is 5. The number of H-pyrrole nitrogens is 2. The number of aromatic amines is 2. The Kier molecular flexibility index (Phi) is 4.17. The van der Waals surface area contributed by atoms with Gasteiger partial charge in [-0.15, -0.1) is 11.8 Å². The van der Waals surface area contributed by atoms with Crippen molar-refractivity contribution in [1.29, 1.82) is 0 Å². The normalized spacial score (nSPS) is 19.4. The molecule has 0 amide bonds. The van der Waals surface area contributed by atoms with Gasteiger partial charge in [-0.1, -0.05) is 6.58 Å². The predicted molar refractivity (Wildman–Crippen MR) is 87.4 cm³/mol. The van der Waals surface area contributed by atoms with Crippen LogP contribution in [0, 0.1) is 5.92 Å². The van der Waals surface area contributed by atoms with Crippen LogP contribution in [0.25, 0.3) is 11.0 Å². The topological polar surface area (TPSA) is 64.8 Å². The van der Waals surface area contributed by atoms with Crippen LogP contribution < -0.4 is 5.56 Å². The predicted octanol–water partition coefficient (Wildman–Crippen LogP) is 2.34. The number of nitrogens with zero attached hydrogens (tertiary/aromatic N) is 2. The number of fused-ring (bicyclic) bond motifs is 1. The van der Waals surface area contributed by atoms with E-state index in [0.717, 1.165) is 42.4 Å². The molecule has 0 unspecified atom stereocenters. The highest BCUT2D eigenvalue weighted by Gasteiger charge is 2.23. The third-order valence-corrected chi connectivity index (χ3v) is 5.01. The zero-order valence-electron chi connectivity index (χ0n) is 12.2. The fourth-order valence-corrected chi connectivity index (χ4v) is 3.61. The molecule has 1 atom stereocenters. The van der Waals surface area contributed by atoms with Gasteiger partial charge in [-0.05, 0) is 30.7 Å². The number of nitrogens with one attached hydrogen (secondary N) is 2. The van der Waals surface area contributed by atoms with Gasteiger partial charge in [-0.3, -0.25) is 9.69 Å². The van der Waals surface area contributed by atoms with Crippen molar-refractivity contribution in [3.63, 3.8) is 0 Å². The molecule has 0 bridgehead atoms. The summed E-state index contributed by atoms with van der Waals surface area (Å²) in [5, 5.41) is 0. The maximum atomic E-state index is 11.7. The van der Waals surface area contributed by atoms with Crippen LogP contribution in [-0.2, 0) is 6.54 Å². The van der Waals surface area contributed by atoms with Crippen molar-refractivity contribution >= 4 is 22.8 Å². The van der Waals surface area contributed by atoms with Crippen molar-refractivity contribution in [1.82, 2.24) is 19.9 Å². The molecule has 2 aromatic rings. The summed E-state index contributed by atoms with van der Waals surface area (Å²) in [5.41, 5.74) is 2.35. The first-order chi connectivity index (χ1) is 10.1. The van der Waals surface area contributed by atoms with Gasteiger partial charge < -0.3 is 9.97 Å². The summed E-state index contributed by atoms with van der Waals surface area (Å²) >= 11 is 1.86. The lowest BCUT2D eigenvalue weighted by atomic mass is 10.2. The Morgan fingerprint density at radius 2 is 2.43 bits per heavy atom. The SMILES string of the molecule is C=C(C)SC[C@@H]1CCN(Cc2c[nH]c3c(=O)[nH]cnc23)C1. The minimum Gasteiger partial charge on any atom is -0.355 e. The van der Waals surface area contributed by atoms with Crippen molar-refractivity contribution in [2.45, 2.75) is 19.9 Å². The average molecular weight is 304 g/mol. The molecule has 3 rings (SSSR count). The van der Waals surface area contributed by atoms with Gasteiger partial charge in [0.05, 0.1) is 11.8 Å². The third-order valence-electron chi connectivity index (χ3n) is 3.88. The number of hydrogen-bond acceptors (Lipinski definition) is 4. The summed E-state index contributed by atoms with van der Waals surface area (Å²) in [6.45, 7) is 9.07. The van der Waals surface area contributed by atoms with Crippen molar-refractivity contribution in [3.8, 4) is 0 Å². The highest BCUT2D eigenvalue weighted by Crippen LogP contribution is 2.25. The molecule has 5 nitrogen and oxygen atoms in total. The molecule has 21 heavy (non-hydrogen) atoms. The van der Waals surface area contributed by atoms with E-state index in [-0.39, 0.29) is 5.56 Å². The molecule has 1 aliphatic heterocycles. The second-order valence-corrected chi connectivity index (χ2v) is 6.99. The lowest BCUT2D eigenvalue weighted by molar-refractivity contribution is 0.322. The van der Waals surface area contributed by atoms with E-state index < -0.39 is 0 Å². The Hall–Kier alpha value is -1.53. The first kappa shape index (κ1) is 14.4. The molecular formula is C15H20N4OS. The number of allylic oxidation sites excluding steroid dienone is 1. The molecule has 1 fully saturated rings. The van der Waals surface area contributed by atoms with Crippen LogP contribution in [0.15, 0.2) is 28.8 Å². The van der Waals surface area contributed by atoms with Crippen LogP contribution >= 0.6 is 11.8 Å². The molecule has 0 radical (unpaired) electrons. The minimum absolute atomic E-state index is 0.108. The Morgan fingerprint density at radius 3 is 3.24 bits per heavy atom. The molecule has 6 heteroatoms. The molecule has 3 heterocycles. The number of aromatic nitrogens is 3. The van der Waals surface area contributed by atoms with E-state index in [9.17, 15) is 4.79 Å². The number of likely N-dealkylation sites (tertiary alicyclic amines) is 1. The third kappa shape index (κ3) is 3.22. The largest absolute Gasteiger partial charge is 0.355 e. The van der Waals surface area contributed by atoms with Crippen LogP contribution in [0.5, 0.6) is 0 Å². The lowest BCUT2D eigenvalue weighted by Gasteiger charge is -2.15. The Labute approximate surface area is 127 Å². The van der Waals surface area contributed by atoms with Gasteiger partial charge in [-0.25, -0.2) is 4.98 Å². The molecule has 0 aliphatic carbocycles. The first-order valence-electron chi connectivity index (χ1n) is 7.18. The van der Waals surface area contributed by atoms with E-state index in [1.54, 1.807) is 0 Å². The minimum atomic E-state index is -0.108.